The predicted molar refractivity (Wildman–Crippen MR) is 109 cm³/mol. The second kappa shape index (κ2) is 11.2. The first kappa shape index (κ1) is 21.6. The van der Waals surface area contributed by atoms with E-state index in [-0.39, 0.29) is 35.8 Å². The molecule has 1 atom stereocenters. The quantitative estimate of drug-likeness (QED) is 0.214. The number of nitro benzene ring substituents is 1. The molecule has 0 aromatic heterocycles. The highest BCUT2D eigenvalue weighted by Crippen LogP contribution is 2.13. The molecule has 1 saturated heterocycles. The lowest BCUT2D eigenvalue weighted by atomic mass is 10.2. The van der Waals surface area contributed by atoms with Gasteiger partial charge < -0.3 is 15.4 Å². The van der Waals surface area contributed by atoms with E-state index in [9.17, 15) is 10.1 Å². The number of hydrogen-bond donors (Lipinski definition) is 2. The summed E-state index contributed by atoms with van der Waals surface area (Å²) in [7, 11) is 0. The molecule has 1 aliphatic rings. The monoisotopic (exact) mass is 462 g/mol. The zero-order chi connectivity index (χ0) is 17.4. The number of guanidine groups is 1. The third-order valence-corrected chi connectivity index (χ3v) is 3.77. The highest BCUT2D eigenvalue weighted by atomic mass is 127. The molecule has 2 N–H and O–H groups in total. The van der Waals surface area contributed by atoms with E-state index in [2.05, 4.69) is 29.5 Å². The molecule has 1 aliphatic heterocycles. The van der Waals surface area contributed by atoms with Crippen molar-refractivity contribution in [1.29, 1.82) is 0 Å². The SMILES string of the molecule is CC(C)CNC(=NCc1ccc([N+](=O)[O-])cc1)NCC1CCCO1.I. The Morgan fingerprint density at radius 1 is 1.36 bits per heavy atom. The van der Waals surface area contributed by atoms with Crippen molar-refractivity contribution in [2.45, 2.75) is 39.3 Å². The van der Waals surface area contributed by atoms with Gasteiger partial charge in [0.2, 0.25) is 0 Å². The fourth-order valence-corrected chi connectivity index (χ4v) is 2.38. The van der Waals surface area contributed by atoms with Crippen LogP contribution < -0.4 is 10.6 Å². The van der Waals surface area contributed by atoms with Gasteiger partial charge in [-0.05, 0) is 24.3 Å². The average Bonchev–Trinajstić information content (AvgIpc) is 3.07. The van der Waals surface area contributed by atoms with Gasteiger partial charge in [-0.15, -0.1) is 24.0 Å². The summed E-state index contributed by atoms with van der Waals surface area (Å²) in [5.74, 6) is 1.26. The number of nitrogens with one attached hydrogen (secondary N) is 2. The molecule has 1 aromatic rings. The van der Waals surface area contributed by atoms with Crippen molar-refractivity contribution < 1.29 is 9.66 Å². The number of nitro groups is 1. The highest BCUT2D eigenvalue weighted by molar-refractivity contribution is 14.0. The van der Waals surface area contributed by atoms with E-state index in [0.29, 0.717) is 12.5 Å². The normalized spacial score (nSPS) is 17.2. The molecule has 1 aromatic carbocycles. The van der Waals surface area contributed by atoms with Gasteiger partial charge in [-0.3, -0.25) is 10.1 Å². The number of ether oxygens (including phenoxy) is 1. The number of benzene rings is 1. The molecule has 0 aliphatic carbocycles. The Kier molecular flexibility index (Phi) is 9.73. The van der Waals surface area contributed by atoms with E-state index in [1.807, 2.05) is 0 Å². The summed E-state index contributed by atoms with van der Waals surface area (Å²) < 4.78 is 5.62. The van der Waals surface area contributed by atoms with Crippen LogP contribution in [0.2, 0.25) is 0 Å². The largest absolute Gasteiger partial charge is 0.376 e. The molecular formula is C17H27IN4O3. The van der Waals surface area contributed by atoms with Gasteiger partial charge in [0.05, 0.1) is 17.6 Å². The van der Waals surface area contributed by atoms with Gasteiger partial charge in [0.15, 0.2) is 5.96 Å². The first-order valence-electron chi connectivity index (χ1n) is 8.41. The predicted octanol–water partition coefficient (Wildman–Crippen LogP) is 3.08. The maximum Gasteiger partial charge on any atom is 0.269 e. The van der Waals surface area contributed by atoms with Gasteiger partial charge in [0.25, 0.3) is 5.69 Å². The first-order chi connectivity index (χ1) is 11.5. The summed E-state index contributed by atoms with van der Waals surface area (Å²) in [6, 6.07) is 6.49. The van der Waals surface area contributed by atoms with Crippen LogP contribution in [0.25, 0.3) is 0 Å². The number of nitrogens with zero attached hydrogens (tertiary/aromatic N) is 2. The molecular weight excluding hydrogens is 435 g/mol. The number of rotatable bonds is 7. The van der Waals surface area contributed by atoms with Crippen molar-refractivity contribution in [3.05, 3.63) is 39.9 Å². The molecule has 25 heavy (non-hydrogen) atoms. The molecule has 7 nitrogen and oxygen atoms in total. The van der Waals surface area contributed by atoms with Crippen LogP contribution in [-0.2, 0) is 11.3 Å². The van der Waals surface area contributed by atoms with Crippen LogP contribution >= 0.6 is 24.0 Å². The van der Waals surface area contributed by atoms with Crippen molar-refractivity contribution in [2.75, 3.05) is 19.7 Å². The molecule has 8 heteroatoms. The van der Waals surface area contributed by atoms with Gasteiger partial charge in [-0.2, -0.15) is 0 Å². The average molecular weight is 462 g/mol. The summed E-state index contributed by atoms with van der Waals surface area (Å²) in [6.45, 7) is 7.15. The van der Waals surface area contributed by atoms with Gasteiger partial charge in [-0.1, -0.05) is 26.0 Å². The Hall–Kier alpha value is -1.42. The van der Waals surface area contributed by atoms with Crippen LogP contribution in [0.5, 0.6) is 0 Å². The number of hydrogen-bond acceptors (Lipinski definition) is 4. The Balaban J connectivity index is 0.00000312. The highest BCUT2D eigenvalue weighted by Gasteiger charge is 2.15. The summed E-state index contributed by atoms with van der Waals surface area (Å²) in [6.07, 6.45) is 2.43. The fraction of sp³-hybridized carbons (Fsp3) is 0.588. The van der Waals surface area contributed by atoms with E-state index >= 15 is 0 Å². The topological polar surface area (TPSA) is 88.8 Å². The minimum absolute atomic E-state index is 0. The van der Waals surface area contributed by atoms with Crippen molar-refractivity contribution in [2.24, 2.45) is 10.9 Å². The van der Waals surface area contributed by atoms with Crippen LogP contribution in [0, 0.1) is 16.0 Å². The maximum atomic E-state index is 10.7. The third-order valence-electron chi connectivity index (χ3n) is 3.77. The fourth-order valence-electron chi connectivity index (χ4n) is 2.38. The van der Waals surface area contributed by atoms with Crippen LogP contribution in [0.3, 0.4) is 0 Å². The smallest absolute Gasteiger partial charge is 0.269 e. The molecule has 2 rings (SSSR count). The van der Waals surface area contributed by atoms with E-state index < -0.39 is 4.92 Å². The molecule has 1 unspecified atom stereocenters. The van der Waals surface area contributed by atoms with Crippen molar-refractivity contribution in [3.63, 3.8) is 0 Å². The van der Waals surface area contributed by atoms with E-state index in [0.717, 1.165) is 44.1 Å². The Morgan fingerprint density at radius 2 is 2.08 bits per heavy atom. The minimum atomic E-state index is -0.397. The maximum absolute atomic E-state index is 10.7. The van der Waals surface area contributed by atoms with Crippen molar-refractivity contribution in [1.82, 2.24) is 10.6 Å². The Labute approximate surface area is 165 Å². The van der Waals surface area contributed by atoms with Crippen LogP contribution in [-0.4, -0.2) is 36.7 Å². The second-order valence-corrected chi connectivity index (χ2v) is 6.38. The Bertz CT molecular complexity index is 558. The van der Waals surface area contributed by atoms with E-state index in [1.165, 1.54) is 12.1 Å². The lowest BCUT2D eigenvalue weighted by Gasteiger charge is -2.16. The molecule has 0 saturated carbocycles. The number of aliphatic imine (C=N–C) groups is 1. The van der Waals surface area contributed by atoms with E-state index in [1.54, 1.807) is 12.1 Å². The number of non-ortho nitro benzene ring substituents is 1. The molecule has 0 radical (unpaired) electrons. The second-order valence-electron chi connectivity index (χ2n) is 6.38. The Morgan fingerprint density at radius 3 is 2.64 bits per heavy atom. The molecule has 0 spiro atoms. The standard InChI is InChI=1S/C17H26N4O3.HI/c1-13(2)10-18-17(20-12-16-4-3-9-24-16)19-11-14-5-7-15(8-6-14)21(22)23;/h5-8,13,16H,3-4,9-12H2,1-2H3,(H2,18,19,20);1H. The third kappa shape index (κ3) is 8.00. The minimum Gasteiger partial charge on any atom is -0.376 e. The lowest BCUT2D eigenvalue weighted by Crippen LogP contribution is -2.42. The molecule has 0 amide bonds. The van der Waals surface area contributed by atoms with Crippen LogP contribution in [0.1, 0.15) is 32.3 Å². The van der Waals surface area contributed by atoms with Gasteiger partial charge in [0.1, 0.15) is 0 Å². The molecule has 1 fully saturated rings. The lowest BCUT2D eigenvalue weighted by molar-refractivity contribution is -0.384. The van der Waals surface area contributed by atoms with Crippen LogP contribution in [0.15, 0.2) is 29.3 Å². The van der Waals surface area contributed by atoms with Gasteiger partial charge >= 0.3 is 0 Å². The number of halogens is 1. The molecule has 140 valence electrons. The zero-order valence-corrected chi connectivity index (χ0v) is 17.1. The van der Waals surface area contributed by atoms with E-state index in [4.69, 9.17) is 4.74 Å². The molecule has 0 bridgehead atoms. The van der Waals surface area contributed by atoms with Gasteiger partial charge in [0, 0.05) is 31.8 Å². The summed E-state index contributed by atoms with van der Waals surface area (Å²) in [5.41, 5.74) is 1.03. The van der Waals surface area contributed by atoms with Crippen molar-refractivity contribution >= 4 is 35.6 Å². The zero-order valence-electron chi connectivity index (χ0n) is 14.7. The summed E-state index contributed by atoms with van der Waals surface area (Å²) in [4.78, 5) is 14.9. The summed E-state index contributed by atoms with van der Waals surface area (Å²) >= 11 is 0. The molecule has 1 heterocycles. The van der Waals surface area contributed by atoms with Crippen molar-refractivity contribution in [3.8, 4) is 0 Å². The first-order valence-corrected chi connectivity index (χ1v) is 8.41. The summed E-state index contributed by atoms with van der Waals surface area (Å²) in [5, 5.41) is 17.3. The van der Waals surface area contributed by atoms with Crippen LogP contribution in [0.4, 0.5) is 5.69 Å². The van der Waals surface area contributed by atoms with Gasteiger partial charge in [-0.25, -0.2) is 4.99 Å².